The van der Waals surface area contributed by atoms with Crippen molar-refractivity contribution in [2.45, 2.75) is 31.7 Å². The van der Waals surface area contributed by atoms with E-state index in [1.807, 2.05) is 42.6 Å². The maximum atomic E-state index is 13.7. The van der Waals surface area contributed by atoms with Crippen molar-refractivity contribution in [3.8, 4) is 11.1 Å². The van der Waals surface area contributed by atoms with Crippen LogP contribution in [0.1, 0.15) is 24.0 Å². The Labute approximate surface area is 190 Å². The van der Waals surface area contributed by atoms with Crippen LogP contribution >= 0.6 is 0 Å². The summed E-state index contributed by atoms with van der Waals surface area (Å²) in [5.74, 6) is -3.44. The van der Waals surface area contributed by atoms with E-state index in [9.17, 15) is 13.6 Å². The van der Waals surface area contributed by atoms with Crippen LogP contribution in [-0.4, -0.2) is 40.0 Å². The largest absolute Gasteiger partial charge is 0.481 e. The second-order valence-corrected chi connectivity index (χ2v) is 8.77. The van der Waals surface area contributed by atoms with Gasteiger partial charge in [-0.05, 0) is 63.0 Å². The lowest BCUT2D eigenvalue weighted by molar-refractivity contribution is -0.136. The van der Waals surface area contributed by atoms with E-state index in [1.165, 1.54) is 0 Å². The molecule has 0 aliphatic carbocycles. The van der Waals surface area contributed by atoms with Crippen molar-refractivity contribution in [3.05, 3.63) is 78.1 Å². The molecular formula is C27H24F2N2O2. The second kappa shape index (κ2) is 8.52. The molecule has 168 valence electrons. The first-order chi connectivity index (χ1) is 15.9. The molecule has 0 atom stereocenters. The van der Waals surface area contributed by atoms with E-state index in [2.05, 4.69) is 23.2 Å². The minimum absolute atomic E-state index is 0.0755. The van der Waals surface area contributed by atoms with Gasteiger partial charge in [0.05, 0.1) is 6.54 Å². The Morgan fingerprint density at radius 2 is 1.85 bits per heavy atom. The number of likely N-dealkylation sites (tertiary alicyclic amines) is 1. The summed E-state index contributed by atoms with van der Waals surface area (Å²) in [6, 6.07) is 18.1. The van der Waals surface area contributed by atoms with Gasteiger partial charge < -0.3 is 5.11 Å². The molecule has 4 aromatic rings. The van der Waals surface area contributed by atoms with Crippen molar-refractivity contribution in [1.82, 2.24) is 9.88 Å². The van der Waals surface area contributed by atoms with Crippen molar-refractivity contribution < 1.29 is 18.7 Å². The van der Waals surface area contributed by atoms with Crippen LogP contribution in [0.3, 0.4) is 0 Å². The summed E-state index contributed by atoms with van der Waals surface area (Å²) in [6.45, 7) is 0.644. The van der Waals surface area contributed by atoms with Crippen molar-refractivity contribution >= 4 is 27.5 Å². The smallest absolute Gasteiger partial charge is 0.303 e. The van der Waals surface area contributed by atoms with Gasteiger partial charge in [-0.3, -0.25) is 14.7 Å². The minimum Gasteiger partial charge on any atom is -0.481 e. The number of pyridine rings is 1. The third kappa shape index (κ3) is 4.44. The molecule has 0 radical (unpaired) electrons. The molecule has 1 fully saturated rings. The van der Waals surface area contributed by atoms with Crippen LogP contribution in [0.15, 0.2) is 67.0 Å². The number of aromatic nitrogens is 1. The van der Waals surface area contributed by atoms with Crippen LogP contribution in [0.2, 0.25) is 0 Å². The molecule has 0 bridgehead atoms. The van der Waals surface area contributed by atoms with Crippen LogP contribution in [0, 0.1) is 0 Å². The molecule has 0 spiro atoms. The highest BCUT2D eigenvalue weighted by Gasteiger charge is 2.37. The Morgan fingerprint density at radius 1 is 1.03 bits per heavy atom. The molecule has 2 heterocycles. The molecule has 0 saturated carbocycles. The molecule has 5 rings (SSSR count). The average Bonchev–Trinajstić information content (AvgIpc) is 3.14. The number of carboxylic acids is 1. The molecule has 6 heteroatoms. The van der Waals surface area contributed by atoms with E-state index in [1.54, 1.807) is 11.1 Å². The van der Waals surface area contributed by atoms with Crippen molar-refractivity contribution in [3.63, 3.8) is 0 Å². The number of nitrogens with zero attached hydrogens (tertiary/aromatic N) is 2. The number of carbonyl (C=O) groups is 1. The maximum Gasteiger partial charge on any atom is 0.303 e. The van der Waals surface area contributed by atoms with E-state index >= 15 is 0 Å². The standard InChI is InChI=1S/C27H24F2N2O2/c28-27(29)10-12-31(17-27)16-18-13-20-9-11-30-15-25(20)24(14-18)23-6-2-4-21-19(7-8-26(32)33)3-1-5-22(21)23/h1-6,9,11,13-15H,7-8,10,12,16-17H2,(H,32,33). The van der Waals surface area contributed by atoms with Gasteiger partial charge in [0.25, 0.3) is 5.92 Å². The summed E-state index contributed by atoms with van der Waals surface area (Å²) in [5, 5.41) is 13.2. The number of hydrogen-bond donors (Lipinski definition) is 1. The van der Waals surface area contributed by atoms with Crippen LogP contribution in [0.5, 0.6) is 0 Å². The van der Waals surface area contributed by atoms with Gasteiger partial charge in [0.1, 0.15) is 0 Å². The van der Waals surface area contributed by atoms with Crippen molar-refractivity contribution in [2.75, 3.05) is 13.1 Å². The summed E-state index contributed by atoms with van der Waals surface area (Å²) >= 11 is 0. The van der Waals surface area contributed by atoms with Gasteiger partial charge >= 0.3 is 5.97 Å². The van der Waals surface area contributed by atoms with Gasteiger partial charge in [0, 0.05) is 43.7 Å². The Hall–Kier alpha value is -3.38. The van der Waals surface area contributed by atoms with Crippen LogP contribution in [0.4, 0.5) is 8.78 Å². The number of carboxylic acid groups (broad SMARTS) is 1. The monoisotopic (exact) mass is 446 g/mol. The minimum atomic E-state index is -2.62. The Morgan fingerprint density at radius 3 is 2.64 bits per heavy atom. The molecule has 1 aromatic heterocycles. The Balaban J connectivity index is 1.62. The van der Waals surface area contributed by atoms with Gasteiger partial charge in [-0.2, -0.15) is 0 Å². The number of aryl methyl sites for hydroxylation is 1. The van der Waals surface area contributed by atoms with Crippen LogP contribution in [0.25, 0.3) is 32.7 Å². The lowest BCUT2D eigenvalue weighted by atomic mass is 9.91. The fourth-order valence-corrected chi connectivity index (χ4v) is 4.84. The molecule has 1 N–H and O–H groups in total. The number of halogens is 2. The molecule has 4 nitrogen and oxygen atoms in total. The fraction of sp³-hybridized carbons (Fsp3) is 0.259. The van der Waals surface area contributed by atoms with E-state index in [4.69, 9.17) is 5.11 Å². The van der Waals surface area contributed by atoms with Crippen LogP contribution < -0.4 is 0 Å². The first-order valence-electron chi connectivity index (χ1n) is 11.1. The molecule has 1 aliphatic heterocycles. The van der Waals surface area contributed by atoms with Gasteiger partial charge in [-0.15, -0.1) is 0 Å². The first kappa shape index (κ1) is 21.5. The zero-order chi connectivity index (χ0) is 23.0. The lowest BCUT2D eigenvalue weighted by Crippen LogP contribution is -2.24. The number of hydrogen-bond acceptors (Lipinski definition) is 3. The molecule has 0 unspecified atom stereocenters. The molecule has 33 heavy (non-hydrogen) atoms. The quantitative estimate of drug-likeness (QED) is 0.400. The van der Waals surface area contributed by atoms with Crippen molar-refractivity contribution in [1.29, 1.82) is 0 Å². The predicted molar refractivity (Wildman–Crippen MR) is 125 cm³/mol. The topological polar surface area (TPSA) is 53.4 Å². The highest BCUT2D eigenvalue weighted by molar-refractivity contribution is 6.06. The van der Waals surface area contributed by atoms with Gasteiger partial charge in [-0.25, -0.2) is 8.78 Å². The Bertz CT molecular complexity index is 1350. The third-order valence-corrected chi connectivity index (χ3v) is 6.38. The van der Waals surface area contributed by atoms with Crippen LogP contribution in [-0.2, 0) is 17.8 Å². The summed E-state index contributed by atoms with van der Waals surface area (Å²) in [5.41, 5.74) is 4.01. The normalized spacial score (nSPS) is 15.9. The zero-order valence-electron chi connectivity index (χ0n) is 18.1. The lowest BCUT2D eigenvalue weighted by Gasteiger charge is -2.18. The summed E-state index contributed by atoms with van der Waals surface area (Å²) in [7, 11) is 0. The van der Waals surface area contributed by atoms with E-state index in [0.29, 0.717) is 19.5 Å². The molecule has 1 aliphatic rings. The molecule has 1 saturated heterocycles. The van der Waals surface area contributed by atoms with E-state index in [0.717, 1.165) is 43.8 Å². The van der Waals surface area contributed by atoms with Gasteiger partial charge in [0.15, 0.2) is 0 Å². The molecule has 0 amide bonds. The van der Waals surface area contributed by atoms with E-state index < -0.39 is 11.9 Å². The number of benzene rings is 3. The SMILES string of the molecule is O=C(O)CCc1cccc2c(-c3cc(CN4CCC(F)(F)C4)cc4ccncc34)cccc12. The highest BCUT2D eigenvalue weighted by atomic mass is 19.3. The Kier molecular flexibility index (Phi) is 5.54. The summed E-state index contributed by atoms with van der Waals surface area (Å²) in [6.07, 6.45) is 4.02. The highest BCUT2D eigenvalue weighted by Crippen LogP contribution is 2.37. The third-order valence-electron chi connectivity index (χ3n) is 6.38. The number of alkyl halides is 2. The average molecular weight is 446 g/mol. The molecular weight excluding hydrogens is 422 g/mol. The fourth-order valence-electron chi connectivity index (χ4n) is 4.84. The van der Waals surface area contributed by atoms with Gasteiger partial charge in [0.2, 0.25) is 0 Å². The van der Waals surface area contributed by atoms with Gasteiger partial charge in [-0.1, -0.05) is 36.4 Å². The predicted octanol–water partition coefficient (Wildman–Crippen LogP) is 5.91. The summed E-state index contributed by atoms with van der Waals surface area (Å²) < 4.78 is 27.5. The van der Waals surface area contributed by atoms with Crippen molar-refractivity contribution in [2.24, 2.45) is 0 Å². The number of rotatable bonds is 6. The first-order valence-corrected chi connectivity index (χ1v) is 11.1. The van der Waals surface area contributed by atoms with E-state index in [-0.39, 0.29) is 19.4 Å². The zero-order valence-corrected chi connectivity index (χ0v) is 18.1. The number of aliphatic carboxylic acids is 1. The molecule has 3 aromatic carbocycles. The maximum absolute atomic E-state index is 13.7. The summed E-state index contributed by atoms with van der Waals surface area (Å²) in [4.78, 5) is 17.2. The number of fused-ring (bicyclic) bond motifs is 2. The second-order valence-electron chi connectivity index (χ2n) is 8.77.